The molecular formula is C9H13NO2. The van der Waals surface area contributed by atoms with Crippen LogP contribution >= 0.6 is 0 Å². The summed E-state index contributed by atoms with van der Waals surface area (Å²) in [7, 11) is 0. The van der Waals surface area contributed by atoms with Crippen molar-refractivity contribution in [3.63, 3.8) is 0 Å². The zero-order valence-corrected chi connectivity index (χ0v) is 7.46. The normalized spacial score (nSPS) is 10.6. The number of carbonyl (C=O) groups excluding carboxylic acids is 1. The Balaban J connectivity index is 3.57. The number of carbonyl (C=O) groups is 1. The van der Waals surface area contributed by atoms with Crippen molar-refractivity contribution in [2.75, 3.05) is 6.61 Å². The van der Waals surface area contributed by atoms with Gasteiger partial charge in [0.25, 0.3) is 0 Å². The van der Waals surface area contributed by atoms with E-state index >= 15 is 0 Å². The average molecular weight is 167 g/mol. The fourth-order valence-electron chi connectivity index (χ4n) is 0.685. The van der Waals surface area contributed by atoms with E-state index in [2.05, 4.69) is 0 Å². The van der Waals surface area contributed by atoms with Crippen LogP contribution in [0.1, 0.15) is 26.7 Å². The number of esters is 1. The van der Waals surface area contributed by atoms with Gasteiger partial charge in [0.2, 0.25) is 0 Å². The molecule has 0 saturated heterocycles. The lowest BCUT2D eigenvalue weighted by Gasteiger charge is -1.97. The molecule has 0 N–H and O–H groups in total. The molecule has 3 nitrogen and oxygen atoms in total. The van der Waals surface area contributed by atoms with Crippen LogP contribution in [0.4, 0.5) is 0 Å². The van der Waals surface area contributed by atoms with Gasteiger partial charge in [0.15, 0.2) is 0 Å². The number of rotatable bonds is 4. The molecule has 0 radical (unpaired) electrons. The monoisotopic (exact) mass is 167 g/mol. The predicted octanol–water partition coefficient (Wildman–Crippen LogP) is 1.80. The second-order valence-corrected chi connectivity index (χ2v) is 2.34. The van der Waals surface area contributed by atoms with Crippen molar-refractivity contribution in [2.45, 2.75) is 26.7 Å². The Morgan fingerprint density at radius 2 is 2.33 bits per heavy atom. The summed E-state index contributed by atoms with van der Waals surface area (Å²) in [5.41, 5.74) is 0.638. The molecule has 0 aliphatic carbocycles. The summed E-state index contributed by atoms with van der Waals surface area (Å²) < 4.78 is 4.71. The number of nitrogens with zero attached hydrogens (tertiary/aromatic N) is 1. The number of hydrogen-bond acceptors (Lipinski definition) is 3. The van der Waals surface area contributed by atoms with Crippen LogP contribution in [0.25, 0.3) is 0 Å². The Hall–Kier alpha value is -1.30. The first-order chi connectivity index (χ1) is 5.70. The zero-order chi connectivity index (χ0) is 9.40. The van der Waals surface area contributed by atoms with Gasteiger partial charge < -0.3 is 4.74 Å². The van der Waals surface area contributed by atoms with E-state index in [9.17, 15) is 4.79 Å². The molecule has 0 spiro atoms. The Morgan fingerprint density at radius 3 is 2.83 bits per heavy atom. The standard InChI is InChI=1S/C9H13NO2/c1-3-12-9(11)6-4-5-8(2)7-10/h5H,3-4,6H2,1-2H3/b8-5+. The summed E-state index contributed by atoms with van der Waals surface area (Å²) in [5.74, 6) is -0.209. The molecule has 0 aliphatic rings. The van der Waals surface area contributed by atoms with Gasteiger partial charge in [-0.3, -0.25) is 4.79 Å². The molecule has 0 aromatic heterocycles. The molecule has 3 heteroatoms. The first-order valence-corrected chi connectivity index (χ1v) is 3.93. The van der Waals surface area contributed by atoms with Crippen molar-refractivity contribution >= 4 is 5.97 Å². The summed E-state index contributed by atoms with van der Waals surface area (Å²) in [6.07, 6.45) is 2.67. The van der Waals surface area contributed by atoms with Gasteiger partial charge in [-0.15, -0.1) is 0 Å². The summed E-state index contributed by atoms with van der Waals surface area (Å²) in [5, 5.41) is 8.37. The van der Waals surface area contributed by atoms with Crippen molar-refractivity contribution in [3.8, 4) is 6.07 Å². The van der Waals surface area contributed by atoms with Crippen molar-refractivity contribution in [1.82, 2.24) is 0 Å². The fourth-order valence-corrected chi connectivity index (χ4v) is 0.685. The van der Waals surface area contributed by atoms with E-state index in [1.807, 2.05) is 6.07 Å². The summed E-state index contributed by atoms with van der Waals surface area (Å²) in [6.45, 7) is 3.90. The van der Waals surface area contributed by atoms with Crippen LogP contribution in [-0.4, -0.2) is 12.6 Å². The maximum absolute atomic E-state index is 10.8. The minimum Gasteiger partial charge on any atom is -0.466 e. The molecular weight excluding hydrogens is 154 g/mol. The second-order valence-electron chi connectivity index (χ2n) is 2.34. The molecule has 12 heavy (non-hydrogen) atoms. The van der Waals surface area contributed by atoms with Crippen molar-refractivity contribution in [1.29, 1.82) is 5.26 Å². The summed E-state index contributed by atoms with van der Waals surface area (Å²) in [4.78, 5) is 10.8. The molecule has 0 bridgehead atoms. The van der Waals surface area contributed by atoms with Crippen LogP contribution in [0, 0.1) is 11.3 Å². The maximum atomic E-state index is 10.8. The molecule has 0 atom stereocenters. The highest BCUT2D eigenvalue weighted by molar-refractivity contribution is 5.69. The lowest BCUT2D eigenvalue weighted by atomic mass is 10.2. The zero-order valence-electron chi connectivity index (χ0n) is 7.46. The average Bonchev–Trinajstić information content (AvgIpc) is 2.04. The molecule has 0 fully saturated rings. The topological polar surface area (TPSA) is 50.1 Å². The third kappa shape index (κ3) is 5.48. The Bertz CT molecular complexity index is 213. The number of nitriles is 1. The predicted molar refractivity (Wildman–Crippen MR) is 45.2 cm³/mol. The Labute approximate surface area is 72.6 Å². The maximum Gasteiger partial charge on any atom is 0.306 e. The molecule has 0 rings (SSSR count). The van der Waals surface area contributed by atoms with Gasteiger partial charge in [-0.05, 0) is 20.3 Å². The summed E-state index contributed by atoms with van der Waals surface area (Å²) in [6, 6.07) is 1.98. The highest BCUT2D eigenvalue weighted by atomic mass is 16.5. The molecule has 66 valence electrons. The number of hydrogen-bond donors (Lipinski definition) is 0. The van der Waals surface area contributed by atoms with Crippen LogP contribution in [0.5, 0.6) is 0 Å². The van der Waals surface area contributed by atoms with E-state index in [-0.39, 0.29) is 5.97 Å². The van der Waals surface area contributed by atoms with Crippen LogP contribution in [0.15, 0.2) is 11.6 Å². The third-order valence-corrected chi connectivity index (χ3v) is 1.28. The quantitative estimate of drug-likeness (QED) is 0.474. The Kier molecular flexibility index (Phi) is 5.72. The van der Waals surface area contributed by atoms with E-state index in [0.29, 0.717) is 25.0 Å². The van der Waals surface area contributed by atoms with Crippen LogP contribution in [0.3, 0.4) is 0 Å². The van der Waals surface area contributed by atoms with Gasteiger partial charge in [0.1, 0.15) is 0 Å². The minimum absolute atomic E-state index is 0.209. The molecule has 0 saturated carbocycles. The van der Waals surface area contributed by atoms with Gasteiger partial charge in [-0.2, -0.15) is 5.26 Å². The molecule has 0 aromatic rings. The van der Waals surface area contributed by atoms with E-state index in [4.69, 9.17) is 10.00 Å². The van der Waals surface area contributed by atoms with Crippen molar-refractivity contribution in [3.05, 3.63) is 11.6 Å². The van der Waals surface area contributed by atoms with E-state index in [1.54, 1.807) is 19.9 Å². The largest absolute Gasteiger partial charge is 0.466 e. The fraction of sp³-hybridized carbons (Fsp3) is 0.556. The second kappa shape index (κ2) is 6.41. The molecule has 0 unspecified atom stereocenters. The lowest BCUT2D eigenvalue weighted by molar-refractivity contribution is -0.142. The molecule has 0 amide bonds. The molecule has 0 aliphatic heterocycles. The summed E-state index contributed by atoms with van der Waals surface area (Å²) >= 11 is 0. The van der Waals surface area contributed by atoms with E-state index < -0.39 is 0 Å². The van der Waals surface area contributed by atoms with E-state index in [0.717, 1.165) is 0 Å². The first kappa shape index (κ1) is 10.7. The lowest BCUT2D eigenvalue weighted by Crippen LogP contribution is -2.02. The van der Waals surface area contributed by atoms with E-state index in [1.165, 1.54) is 0 Å². The van der Waals surface area contributed by atoms with Gasteiger partial charge in [0, 0.05) is 12.0 Å². The SMILES string of the molecule is CCOC(=O)CC/C=C(\C)C#N. The molecule has 0 heterocycles. The highest BCUT2D eigenvalue weighted by Crippen LogP contribution is 1.98. The van der Waals surface area contributed by atoms with Gasteiger partial charge in [-0.1, -0.05) is 6.08 Å². The van der Waals surface area contributed by atoms with Gasteiger partial charge in [0.05, 0.1) is 12.7 Å². The third-order valence-electron chi connectivity index (χ3n) is 1.28. The van der Waals surface area contributed by atoms with Crippen LogP contribution in [0.2, 0.25) is 0 Å². The first-order valence-electron chi connectivity index (χ1n) is 3.93. The van der Waals surface area contributed by atoms with Gasteiger partial charge >= 0.3 is 5.97 Å². The van der Waals surface area contributed by atoms with Crippen LogP contribution < -0.4 is 0 Å². The smallest absolute Gasteiger partial charge is 0.306 e. The Morgan fingerprint density at radius 1 is 1.67 bits per heavy atom. The van der Waals surface area contributed by atoms with Crippen molar-refractivity contribution < 1.29 is 9.53 Å². The van der Waals surface area contributed by atoms with Crippen molar-refractivity contribution in [2.24, 2.45) is 0 Å². The minimum atomic E-state index is -0.209. The van der Waals surface area contributed by atoms with Crippen LogP contribution in [-0.2, 0) is 9.53 Å². The highest BCUT2D eigenvalue weighted by Gasteiger charge is 1.98. The molecule has 0 aromatic carbocycles. The van der Waals surface area contributed by atoms with Gasteiger partial charge in [-0.25, -0.2) is 0 Å². The number of allylic oxidation sites excluding steroid dienone is 2. The number of ether oxygens (including phenoxy) is 1.